The van der Waals surface area contributed by atoms with Gasteiger partial charge in [0.2, 0.25) is 5.91 Å². The van der Waals surface area contributed by atoms with Crippen LogP contribution >= 0.6 is 11.8 Å². The Kier molecular flexibility index (Phi) is 3.88. The van der Waals surface area contributed by atoms with Crippen molar-refractivity contribution in [2.24, 2.45) is 5.73 Å². The van der Waals surface area contributed by atoms with Gasteiger partial charge in [-0.25, -0.2) is 0 Å². The van der Waals surface area contributed by atoms with Crippen LogP contribution in [0.25, 0.3) is 0 Å². The Labute approximate surface area is 77.7 Å². The van der Waals surface area contributed by atoms with E-state index in [9.17, 15) is 4.79 Å². The summed E-state index contributed by atoms with van der Waals surface area (Å²) in [5.41, 5.74) is 5.29. The molecule has 1 aliphatic heterocycles. The van der Waals surface area contributed by atoms with Crippen LogP contribution in [0.3, 0.4) is 0 Å². The third-order valence-electron chi connectivity index (χ3n) is 2.12. The highest BCUT2D eigenvalue weighted by molar-refractivity contribution is 8.00. The Morgan fingerprint density at radius 2 is 2.50 bits per heavy atom. The fourth-order valence-electron chi connectivity index (χ4n) is 1.32. The number of nitrogens with zero attached hydrogens (tertiary/aromatic N) is 1. The molecule has 0 spiro atoms. The summed E-state index contributed by atoms with van der Waals surface area (Å²) in [5, 5.41) is 0.620. The largest absolute Gasteiger partial charge is 0.340 e. The van der Waals surface area contributed by atoms with E-state index in [1.807, 2.05) is 16.7 Å². The van der Waals surface area contributed by atoms with Crippen molar-refractivity contribution in [2.45, 2.75) is 18.6 Å². The zero-order valence-corrected chi connectivity index (χ0v) is 8.27. The molecule has 1 unspecified atom stereocenters. The van der Waals surface area contributed by atoms with Crippen LogP contribution in [0.2, 0.25) is 0 Å². The first-order chi connectivity index (χ1) is 5.77. The summed E-state index contributed by atoms with van der Waals surface area (Å²) in [4.78, 5) is 13.1. The average Bonchev–Trinajstić information content (AvgIpc) is 2.17. The molecule has 4 heteroatoms. The molecule has 0 aromatic carbocycles. The molecule has 12 heavy (non-hydrogen) atoms. The maximum Gasteiger partial charge on any atom is 0.236 e. The Morgan fingerprint density at radius 3 is 3.08 bits per heavy atom. The van der Waals surface area contributed by atoms with Crippen LogP contribution in [0.15, 0.2) is 0 Å². The predicted octanol–water partition coefficient (Wildman–Crippen LogP) is 0.299. The Bertz CT molecular complexity index is 163. The molecule has 2 N–H and O–H groups in total. The van der Waals surface area contributed by atoms with Crippen molar-refractivity contribution in [3.63, 3.8) is 0 Å². The molecule has 1 saturated heterocycles. The maximum absolute atomic E-state index is 11.2. The average molecular weight is 188 g/mol. The van der Waals surface area contributed by atoms with Gasteiger partial charge in [-0.1, -0.05) is 6.92 Å². The molecule has 1 fully saturated rings. The lowest BCUT2D eigenvalue weighted by Crippen LogP contribution is -2.44. The quantitative estimate of drug-likeness (QED) is 0.678. The summed E-state index contributed by atoms with van der Waals surface area (Å²) in [5.74, 6) is 1.15. The fourth-order valence-corrected chi connectivity index (χ4v) is 2.50. The maximum atomic E-state index is 11.2. The Morgan fingerprint density at radius 1 is 1.75 bits per heavy atom. The van der Waals surface area contributed by atoms with Gasteiger partial charge >= 0.3 is 0 Å². The second kappa shape index (κ2) is 4.72. The minimum Gasteiger partial charge on any atom is -0.340 e. The molecule has 3 nitrogen and oxygen atoms in total. The van der Waals surface area contributed by atoms with Gasteiger partial charge in [-0.15, -0.1) is 0 Å². The highest BCUT2D eigenvalue weighted by atomic mass is 32.2. The molecule has 1 atom stereocenters. The third kappa shape index (κ3) is 2.38. The molecule has 1 heterocycles. The van der Waals surface area contributed by atoms with Gasteiger partial charge in [-0.3, -0.25) is 4.79 Å². The van der Waals surface area contributed by atoms with Gasteiger partial charge in [-0.2, -0.15) is 11.8 Å². The van der Waals surface area contributed by atoms with Crippen molar-refractivity contribution in [1.82, 2.24) is 4.90 Å². The summed E-state index contributed by atoms with van der Waals surface area (Å²) in [6, 6.07) is 0. The standard InChI is InChI=1S/C8H16N2OS/c1-2-7-6-10(3-4-12-7)8(11)5-9/h7H,2-6,9H2,1H3. The smallest absolute Gasteiger partial charge is 0.236 e. The topological polar surface area (TPSA) is 46.3 Å². The molecule has 1 amide bonds. The van der Waals surface area contributed by atoms with Crippen molar-refractivity contribution in [3.8, 4) is 0 Å². The SMILES string of the molecule is CCC1CN(C(=O)CN)CCS1. The summed E-state index contributed by atoms with van der Waals surface area (Å²) < 4.78 is 0. The first kappa shape index (κ1) is 9.86. The van der Waals surface area contributed by atoms with Crippen LogP contribution in [0.1, 0.15) is 13.3 Å². The normalized spacial score (nSPS) is 24.2. The van der Waals surface area contributed by atoms with Crippen LogP contribution in [0.4, 0.5) is 0 Å². The highest BCUT2D eigenvalue weighted by Gasteiger charge is 2.21. The molecular weight excluding hydrogens is 172 g/mol. The second-order valence-corrected chi connectivity index (χ2v) is 4.35. The van der Waals surface area contributed by atoms with E-state index < -0.39 is 0 Å². The molecule has 1 aliphatic rings. The molecule has 1 rings (SSSR count). The van der Waals surface area contributed by atoms with Crippen LogP contribution in [-0.4, -0.2) is 41.4 Å². The van der Waals surface area contributed by atoms with Gasteiger partial charge in [0.25, 0.3) is 0 Å². The number of carbonyl (C=O) groups excluding carboxylic acids is 1. The van der Waals surface area contributed by atoms with Crippen molar-refractivity contribution in [1.29, 1.82) is 0 Å². The van der Waals surface area contributed by atoms with Crippen molar-refractivity contribution >= 4 is 17.7 Å². The zero-order chi connectivity index (χ0) is 8.97. The Balaban J connectivity index is 2.40. The van der Waals surface area contributed by atoms with E-state index in [0.717, 1.165) is 25.3 Å². The minimum absolute atomic E-state index is 0.0914. The number of hydrogen-bond acceptors (Lipinski definition) is 3. The lowest BCUT2D eigenvalue weighted by Gasteiger charge is -2.31. The number of hydrogen-bond donors (Lipinski definition) is 1. The first-order valence-corrected chi connectivity index (χ1v) is 5.42. The second-order valence-electron chi connectivity index (χ2n) is 2.94. The van der Waals surface area contributed by atoms with Gasteiger partial charge < -0.3 is 10.6 Å². The van der Waals surface area contributed by atoms with Crippen molar-refractivity contribution < 1.29 is 4.79 Å². The predicted molar refractivity (Wildman–Crippen MR) is 52.2 cm³/mol. The molecule has 0 radical (unpaired) electrons. The third-order valence-corrected chi connectivity index (χ3v) is 3.49. The summed E-state index contributed by atoms with van der Waals surface area (Å²) in [6.07, 6.45) is 1.14. The monoisotopic (exact) mass is 188 g/mol. The highest BCUT2D eigenvalue weighted by Crippen LogP contribution is 2.20. The zero-order valence-electron chi connectivity index (χ0n) is 7.45. The first-order valence-electron chi connectivity index (χ1n) is 4.37. The lowest BCUT2D eigenvalue weighted by atomic mass is 10.3. The summed E-state index contributed by atoms with van der Waals surface area (Å²) >= 11 is 1.96. The van der Waals surface area contributed by atoms with E-state index in [0.29, 0.717) is 5.25 Å². The van der Waals surface area contributed by atoms with E-state index in [1.54, 1.807) is 0 Å². The van der Waals surface area contributed by atoms with E-state index in [1.165, 1.54) is 0 Å². The fraction of sp³-hybridized carbons (Fsp3) is 0.875. The molecule has 70 valence electrons. The van der Waals surface area contributed by atoms with Crippen LogP contribution in [-0.2, 0) is 4.79 Å². The molecule has 0 aromatic heterocycles. The Hall–Kier alpha value is -0.220. The van der Waals surface area contributed by atoms with Crippen molar-refractivity contribution in [2.75, 3.05) is 25.4 Å². The van der Waals surface area contributed by atoms with Crippen LogP contribution in [0.5, 0.6) is 0 Å². The van der Waals surface area contributed by atoms with Crippen LogP contribution in [0, 0.1) is 0 Å². The molecular formula is C8H16N2OS. The summed E-state index contributed by atoms with van der Waals surface area (Å²) in [6.45, 7) is 4.07. The van der Waals surface area contributed by atoms with Gasteiger partial charge in [0.15, 0.2) is 0 Å². The van der Waals surface area contributed by atoms with E-state index in [2.05, 4.69) is 6.92 Å². The summed E-state index contributed by atoms with van der Waals surface area (Å²) in [7, 11) is 0. The number of amides is 1. The number of rotatable bonds is 2. The van der Waals surface area contributed by atoms with E-state index in [-0.39, 0.29) is 12.5 Å². The van der Waals surface area contributed by atoms with Gasteiger partial charge in [-0.05, 0) is 6.42 Å². The van der Waals surface area contributed by atoms with Crippen LogP contribution < -0.4 is 5.73 Å². The molecule has 0 saturated carbocycles. The number of thioether (sulfide) groups is 1. The molecule has 0 aromatic rings. The lowest BCUT2D eigenvalue weighted by molar-refractivity contribution is -0.129. The number of nitrogens with two attached hydrogens (primary N) is 1. The number of carbonyl (C=O) groups is 1. The van der Waals surface area contributed by atoms with E-state index >= 15 is 0 Å². The molecule has 0 aliphatic carbocycles. The van der Waals surface area contributed by atoms with Gasteiger partial charge in [0, 0.05) is 24.1 Å². The van der Waals surface area contributed by atoms with Gasteiger partial charge in [0.1, 0.15) is 0 Å². The molecule has 0 bridgehead atoms. The minimum atomic E-state index is 0.0914. The van der Waals surface area contributed by atoms with E-state index in [4.69, 9.17) is 5.73 Å². The van der Waals surface area contributed by atoms with Crippen molar-refractivity contribution in [3.05, 3.63) is 0 Å². The van der Waals surface area contributed by atoms with Gasteiger partial charge in [0.05, 0.1) is 6.54 Å².